The van der Waals surface area contributed by atoms with Crippen LogP contribution in [0.2, 0.25) is 0 Å². The fourth-order valence-electron chi connectivity index (χ4n) is 2.92. The highest BCUT2D eigenvalue weighted by Gasteiger charge is 2.31. The van der Waals surface area contributed by atoms with E-state index in [1.54, 1.807) is 36.5 Å². The van der Waals surface area contributed by atoms with Crippen LogP contribution in [0.4, 0.5) is 13.2 Å². The molecular formula is C20H13F3N4O2. The van der Waals surface area contributed by atoms with Crippen LogP contribution in [0.1, 0.15) is 15.9 Å². The Bertz CT molecular complexity index is 1200. The number of fused-ring (bicyclic) bond motifs is 1. The summed E-state index contributed by atoms with van der Waals surface area (Å²) in [6, 6.07) is 11.2. The number of nitrogens with one attached hydrogen (secondary N) is 1. The Morgan fingerprint density at radius 3 is 2.48 bits per heavy atom. The summed E-state index contributed by atoms with van der Waals surface area (Å²) in [5, 5.41) is 0.704. The number of rotatable bonds is 4. The number of primary amides is 1. The fraction of sp³-hybridized carbons (Fsp3) is 0.0500. The zero-order valence-electron chi connectivity index (χ0n) is 14.7. The largest absolute Gasteiger partial charge is 0.438 e. The first kappa shape index (κ1) is 18.5. The van der Waals surface area contributed by atoms with Crippen LogP contribution in [-0.2, 0) is 6.18 Å². The van der Waals surface area contributed by atoms with Crippen molar-refractivity contribution in [3.63, 3.8) is 0 Å². The number of aromatic nitrogens is 3. The standard InChI is InChI=1S/C20H13F3N4O2/c21-20(22,23)12-3-6-14(16(9-12)17(24)28)11-1-4-13(5-2-11)29-19-15-7-8-25-18(15)26-10-27-19/h1-10H,(H2,24,28)(H,25,26,27). The Kier molecular flexibility index (Phi) is 4.42. The lowest BCUT2D eigenvalue weighted by atomic mass is 9.97. The molecule has 9 heteroatoms. The SMILES string of the molecule is NC(=O)c1cc(C(F)(F)F)ccc1-c1ccc(Oc2ncnc3[nH]ccc23)cc1. The summed E-state index contributed by atoms with van der Waals surface area (Å²) in [6.07, 6.45) is -1.49. The van der Waals surface area contributed by atoms with Crippen LogP contribution < -0.4 is 10.5 Å². The van der Waals surface area contributed by atoms with Gasteiger partial charge in [0.15, 0.2) is 0 Å². The van der Waals surface area contributed by atoms with Gasteiger partial charge in [-0.15, -0.1) is 0 Å². The van der Waals surface area contributed by atoms with Crippen molar-refractivity contribution in [2.24, 2.45) is 5.73 Å². The number of hydrogen-bond acceptors (Lipinski definition) is 4. The van der Waals surface area contributed by atoms with Gasteiger partial charge in [-0.2, -0.15) is 13.2 Å². The molecule has 0 radical (unpaired) electrons. The van der Waals surface area contributed by atoms with E-state index in [4.69, 9.17) is 10.5 Å². The minimum Gasteiger partial charge on any atom is -0.438 e. The van der Waals surface area contributed by atoms with E-state index in [1.165, 1.54) is 12.4 Å². The first-order valence-electron chi connectivity index (χ1n) is 8.40. The lowest BCUT2D eigenvalue weighted by Crippen LogP contribution is -2.15. The second kappa shape index (κ2) is 6.93. The van der Waals surface area contributed by atoms with Crippen molar-refractivity contribution < 1.29 is 22.7 Å². The number of H-pyrrole nitrogens is 1. The Labute approximate surface area is 162 Å². The summed E-state index contributed by atoms with van der Waals surface area (Å²) in [7, 11) is 0. The highest BCUT2D eigenvalue weighted by atomic mass is 19.4. The van der Waals surface area contributed by atoms with Gasteiger partial charge in [0.05, 0.1) is 10.9 Å². The average molecular weight is 398 g/mol. The molecule has 0 aliphatic carbocycles. The molecule has 0 saturated heterocycles. The monoisotopic (exact) mass is 398 g/mol. The van der Waals surface area contributed by atoms with Gasteiger partial charge in [-0.1, -0.05) is 18.2 Å². The Morgan fingerprint density at radius 1 is 1.03 bits per heavy atom. The predicted octanol–water partition coefficient (Wildman–Crippen LogP) is 4.53. The van der Waals surface area contributed by atoms with Crippen molar-refractivity contribution in [2.75, 3.05) is 0 Å². The average Bonchev–Trinajstić information content (AvgIpc) is 3.17. The van der Waals surface area contributed by atoms with E-state index in [0.29, 0.717) is 33.8 Å². The predicted molar refractivity (Wildman–Crippen MR) is 99.4 cm³/mol. The van der Waals surface area contributed by atoms with Gasteiger partial charge in [0.2, 0.25) is 11.8 Å². The number of alkyl halides is 3. The molecule has 0 fully saturated rings. The lowest BCUT2D eigenvalue weighted by Gasteiger charge is -2.12. The van der Waals surface area contributed by atoms with E-state index in [0.717, 1.165) is 12.1 Å². The molecule has 146 valence electrons. The number of nitrogens with two attached hydrogens (primary N) is 1. The van der Waals surface area contributed by atoms with E-state index in [1.807, 2.05) is 0 Å². The Hall–Kier alpha value is -3.88. The molecule has 0 saturated carbocycles. The molecule has 0 aliphatic heterocycles. The highest BCUT2D eigenvalue weighted by Crippen LogP contribution is 2.34. The molecule has 1 amide bonds. The summed E-state index contributed by atoms with van der Waals surface area (Å²) in [5.74, 6) is -0.124. The number of ether oxygens (including phenoxy) is 1. The van der Waals surface area contributed by atoms with Crippen LogP contribution in [0, 0.1) is 0 Å². The maximum Gasteiger partial charge on any atom is 0.416 e. The second-order valence-electron chi connectivity index (χ2n) is 6.17. The zero-order valence-corrected chi connectivity index (χ0v) is 14.7. The lowest BCUT2D eigenvalue weighted by molar-refractivity contribution is -0.137. The summed E-state index contributed by atoms with van der Waals surface area (Å²) in [5.41, 5.74) is 5.59. The minimum atomic E-state index is -4.57. The molecule has 0 aliphatic rings. The molecule has 29 heavy (non-hydrogen) atoms. The van der Waals surface area contributed by atoms with Gasteiger partial charge in [-0.25, -0.2) is 9.97 Å². The van der Waals surface area contributed by atoms with Gasteiger partial charge in [0.1, 0.15) is 17.7 Å². The van der Waals surface area contributed by atoms with Crippen LogP contribution in [0.5, 0.6) is 11.6 Å². The maximum absolute atomic E-state index is 12.9. The minimum absolute atomic E-state index is 0.210. The van der Waals surface area contributed by atoms with Crippen molar-refractivity contribution in [3.8, 4) is 22.8 Å². The number of hydrogen-bond donors (Lipinski definition) is 2. The summed E-state index contributed by atoms with van der Waals surface area (Å²) in [4.78, 5) is 22.8. The van der Waals surface area contributed by atoms with E-state index < -0.39 is 17.6 Å². The van der Waals surface area contributed by atoms with Crippen molar-refractivity contribution in [1.82, 2.24) is 15.0 Å². The van der Waals surface area contributed by atoms with Crippen molar-refractivity contribution in [1.29, 1.82) is 0 Å². The number of carbonyl (C=O) groups excluding carboxylic acids is 1. The van der Waals surface area contributed by atoms with Gasteiger partial charge in [0, 0.05) is 11.8 Å². The van der Waals surface area contributed by atoms with Gasteiger partial charge in [-0.3, -0.25) is 4.79 Å². The van der Waals surface area contributed by atoms with Crippen LogP contribution in [0.3, 0.4) is 0 Å². The molecule has 6 nitrogen and oxygen atoms in total. The quantitative estimate of drug-likeness (QED) is 0.528. The number of nitrogens with zero attached hydrogens (tertiary/aromatic N) is 2. The molecule has 2 heterocycles. The molecule has 3 N–H and O–H groups in total. The summed E-state index contributed by atoms with van der Waals surface area (Å²) in [6.45, 7) is 0. The third-order valence-corrected chi connectivity index (χ3v) is 4.31. The molecule has 0 spiro atoms. The first-order valence-corrected chi connectivity index (χ1v) is 8.40. The Morgan fingerprint density at radius 2 is 1.79 bits per heavy atom. The fourth-order valence-corrected chi connectivity index (χ4v) is 2.92. The normalized spacial score (nSPS) is 11.6. The van der Waals surface area contributed by atoms with E-state index in [2.05, 4.69) is 15.0 Å². The van der Waals surface area contributed by atoms with Crippen LogP contribution in [-0.4, -0.2) is 20.9 Å². The third kappa shape index (κ3) is 3.62. The molecule has 0 atom stereocenters. The Balaban J connectivity index is 1.66. The molecule has 0 bridgehead atoms. The van der Waals surface area contributed by atoms with Gasteiger partial charge in [0.25, 0.3) is 0 Å². The van der Waals surface area contributed by atoms with E-state index >= 15 is 0 Å². The number of benzene rings is 2. The maximum atomic E-state index is 12.9. The van der Waals surface area contributed by atoms with Crippen LogP contribution >= 0.6 is 0 Å². The molecule has 0 unspecified atom stereocenters. The topological polar surface area (TPSA) is 93.9 Å². The van der Waals surface area contributed by atoms with Gasteiger partial charge < -0.3 is 15.5 Å². The van der Waals surface area contributed by atoms with Crippen molar-refractivity contribution in [2.45, 2.75) is 6.18 Å². The van der Waals surface area contributed by atoms with Crippen LogP contribution in [0.15, 0.2) is 61.1 Å². The van der Waals surface area contributed by atoms with Crippen molar-refractivity contribution in [3.05, 3.63) is 72.2 Å². The highest BCUT2D eigenvalue weighted by molar-refractivity contribution is 6.00. The third-order valence-electron chi connectivity index (χ3n) is 4.31. The number of amides is 1. The van der Waals surface area contributed by atoms with Crippen LogP contribution in [0.25, 0.3) is 22.2 Å². The summed E-state index contributed by atoms with van der Waals surface area (Å²) >= 11 is 0. The molecule has 4 aromatic rings. The smallest absolute Gasteiger partial charge is 0.416 e. The van der Waals surface area contributed by atoms with Crippen molar-refractivity contribution >= 4 is 16.9 Å². The van der Waals surface area contributed by atoms with E-state index in [-0.39, 0.29) is 5.56 Å². The number of carbonyl (C=O) groups is 1. The summed E-state index contributed by atoms with van der Waals surface area (Å²) < 4.78 is 44.6. The first-order chi connectivity index (χ1) is 13.8. The molecule has 4 rings (SSSR count). The number of halogens is 3. The van der Waals surface area contributed by atoms with Gasteiger partial charge >= 0.3 is 6.18 Å². The van der Waals surface area contributed by atoms with Gasteiger partial charge in [-0.05, 0) is 41.5 Å². The molecule has 2 aromatic carbocycles. The molecular weight excluding hydrogens is 385 g/mol. The van der Waals surface area contributed by atoms with E-state index in [9.17, 15) is 18.0 Å². The number of aromatic amines is 1. The molecule has 2 aromatic heterocycles. The second-order valence-corrected chi connectivity index (χ2v) is 6.17. The zero-order chi connectivity index (χ0) is 20.6.